The molecule has 0 aliphatic carbocycles. The van der Waals surface area contributed by atoms with Gasteiger partial charge in [-0.15, -0.1) is 0 Å². The van der Waals surface area contributed by atoms with E-state index in [1.54, 1.807) is 50.0 Å². The number of hydrogen-bond donors (Lipinski definition) is 1. The predicted octanol–water partition coefficient (Wildman–Crippen LogP) is 2.50. The van der Waals surface area contributed by atoms with Gasteiger partial charge in [-0.3, -0.25) is 4.68 Å². The average Bonchev–Trinajstić information content (AvgIpc) is 3.22. The summed E-state index contributed by atoms with van der Waals surface area (Å²) in [4.78, 5) is 27.9. The smallest absolute Gasteiger partial charge is 0.423 e. The van der Waals surface area contributed by atoms with E-state index < -0.39 is 17.8 Å². The third-order valence-corrected chi connectivity index (χ3v) is 3.33. The average molecular weight is 389 g/mol. The Bertz CT molecular complexity index is 990. The van der Waals surface area contributed by atoms with Crippen LogP contribution < -0.4 is 14.8 Å². The Labute approximate surface area is 159 Å². The fraction of sp³-hybridized carbons (Fsp3) is 0.353. The van der Waals surface area contributed by atoms with Gasteiger partial charge in [0, 0.05) is 18.5 Å². The van der Waals surface area contributed by atoms with Crippen LogP contribution in [0, 0.1) is 0 Å². The third-order valence-electron chi connectivity index (χ3n) is 3.33. The fourth-order valence-corrected chi connectivity index (χ4v) is 2.31. The molecule has 0 radical (unpaired) electrons. The van der Waals surface area contributed by atoms with E-state index >= 15 is 0 Å². The number of alkyl carbamates (subject to hydrolysis) is 1. The Morgan fingerprint density at radius 2 is 2.07 bits per heavy atom. The normalized spacial score (nSPS) is 11.3. The van der Waals surface area contributed by atoms with Gasteiger partial charge in [-0.1, -0.05) is 0 Å². The molecular weight excluding hydrogens is 370 g/mol. The molecule has 3 aromatic heterocycles. The number of nitrogens with zero attached hydrogens (tertiary/aromatic N) is 4. The summed E-state index contributed by atoms with van der Waals surface area (Å²) < 4.78 is 22.2. The summed E-state index contributed by atoms with van der Waals surface area (Å²) >= 11 is 0. The van der Waals surface area contributed by atoms with E-state index in [4.69, 9.17) is 18.7 Å². The Balaban J connectivity index is 1.79. The molecule has 0 fully saturated rings. The van der Waals surface area contributed by atoms with Crippen LogP contribution in [0.3, 0.4) is 0 Å². The number of carbonyl (C=O) groups is 2. The molecule has 0 unspecified atom stereocenters. The van der Waals surface area contributed by atoms with Crippen LogP contribution >= 0.6 is 0 Å². The zero-order chi connectivity index (χ0) is 20.3. The number of nitrogens with one attached hydrogen (secondary N) is 1. The zero-order valence-corrected chi connectivity index (χ0v) is 15.8. The van der Waals surface area contributed by atoms with Crippen LogP contribution in [0.5, 0.6) is 11.6 Å². The summed E-state index contributed by atoms with van der Waals surface area (Å²) in [5, 5.41) is 10.00. The highest BCUT2D eigenvalue weighted by atomic mass is 16.6. The second kappa shape index (κ2) is 7.55. The van der Waals surface area contributed by atoms with Crippen molar-refractivity contribution in [3.05, 3.63) is 30.2 Å². The fourth-order valence-electron chi connectivity index (χ4n) is 2.31. The maximum absolute atomic E-state index is 11.9. The number of methoxy groups -OCH3 is 1. The molecule has 0 aromatic carbocycles. The molecule has 0 spiro atoms. The number of ether oxygens (including phenoxy) is 3. The van der Waals surface area contributed by atoms with Crippen molar-refractivity contribution in [3.8, 4) is 11.6 Å². The monoisotopic (exact) mass is 389 g/mol. The van der Waals surface area contributed by atoms with Crippen LogP contribution in [-0.2, 0) is 11.3 Å². The topological polar surface area (TPSA) is 131 Å². The molecule has 0 aliphatic rings. The summed E-state index contributed by atoms with van der Waals surface area (Å²) in [7, 11) is 1.45. The van der Waals surface area contributed by atoms with Gasteiger partial charge in [-0.05, 0) is 32.0 Å². The minimum Gasteiger partial charge on any atom is -0.496 e. The van der Waals surface area contributed by atoms with Crippen LogP contribution in [-0.4, -0.2) is 44.8 Å². The number of carbonyl (C=O) groups excluding carboxylic acids is 2. The van der Waals surface area contributed by atoms with Crippen LogP contribution in [0.2, 0.25) is 0 Å². The van der Waals surface area contributed by atoms with Crippen molar-refractivity contribution < 1.29 is 28.3 Å². The summed E-state index contributed by atoms with van der Waals surface area (Å²) in [6.07, 6.45) is 1.41. The Kier molecular flexibility index (Phi) is 5.16. The molecule has 28 heavy (non-hydrogen) atoms. The van der Waals surface area contributed by atoms with E-state index in [1.165, 1.54) is 7.11 Å². The molecule has 3 heterocycles. The van der Waals surface area contributed by atoms with Gasteiger partial charge in [-0.25, -0.2) is 19.9 Å². The maximum Gasteiger partial charge on any atom is 0.423 e. The summed E-state index contributed by atoms with van der Waals surface area (Å²) in [6, 6.07) is 3.44. The largest absolute Gasteiger partial charge is 0.496 e. The summed E-state index contributed by atoms with van der Waals surface area (Å²) in [6.45, 7) is 5.39. The number of imide groups is 1. The molecule has 0 atom stereocenters. The summed E-state index contributed by atoms with van der Waals surface area (Å²) in [5.74, 6) is 0.152. The molecule has 2 amide bonds. The van der Waals surface area contributed by atoms with E-state index in [-0.39, 0.29) is 17.0 Å². The molecule has 0 saturated heterocycles. The highest BCUT2D eigenvalue weighted by Gasteiger charge is 2.23. The molecule has 0 aliphatic heterocycles. The second-order valence-corrected chi connectivity index (χ2v) is 6.70. The lowest BCUT2D eigenvalue weighted by Crippen LogP contribution is -2.37. The van der Waals surface area contributed by atoms with Crippen molar-refractivity contribution in [2.75, 3.05) is 7.11 Å². The number of hydrogen-bond acceptors (Lipinski definition) is 9. The first kappa shape index (κ1) is 19.1. The molecule has 1 N–H and O–H groups in total. The van der Waals surface area contributed by atoms with E-state index in [0.29, 0.717) is 18.0 Å². The second-order valence-electron chi connectivity index (χ2n) is 6.70. The van der Waals surface area contributed by atoms with E-state index in [9.17, 15) is 9.59 Å². The Morgan fingerprint density at radius 3 is 2.71 bits per heavy atom. The van der Waals surface area contributed by atoms with Crippen LogP contribution in [0.15, 0.2) is 29.0 Å². The Hall–Kier alpha value is -3.63. The molecule has 3 rings (SSSR count). The lowest BCUT2D eigenvalue weighted by atomic mass is 10.2. The molecular formula is C17H19N5O6. The third kappa shape index (κ3) is 4.55. The lowest BCUT2D eigenvalue weighted by Gasteiger charge is -2.18. The molecule has 0 bridgehead atoms. The van der Waals surface area contributed by atoms with Crippen molar-refractivity contribution in [2.24, 2.45) is 0 Å². The van der Waals surface area contributed by atoms with Gasteiger partial charge in [0.25, 0.3) is 11.6 Å². The minimum atomic E-state index is -1.08. The summed E-state index contributed by atoms with van der Waals surface area (Å²) in [5.41, 5.74) is -0.0428. The predicted molar refractivity (Wildman–Crippen MR) is 95.1 cm³/mol. The molecule has 11 nitrogen and oxygen atoms in total. The quantitative estimate of drug-likeness (QED) is 0.715. The highest BCUT2D eigenvalue weighted by molar-refractivity contribution is 5.92. The minimum absolute atomic E-state index is 0.113. The van der Waals surface area contributed by atoms with Crippen molar-refractivity contribution in [1.29, 1.82) is 0 Å². The highest BCUT2D eigenvalue weighted by Crippen LogP contribution is 2.33. The number of fused-ring (bicyclic) bond motifs is 1. The number of pyridine rings is 1. The van der Waals surface area contributed by atoms with Gasteiger partial charge < -0.3 is 18.7 Å². The first-order valence-electron chi connectivity index (χ1n) is 8.27. The molecule has 11 heteroatoms. The van der Waals surface area contributed by atoms with Gasteiger partial charge in [0.05, 0.1) is 19.3 Å². The van der Waals surface area contributed by atoms with Gasteiger partial charge in [0.2, 0.25) is 0 Å². The van der Waals surface area contributed by atoms with E-state index in [1.807, 2.05) is 5.32 Å². The van der Waals surface area contributed by atoms with Crippen molar-refractivity contribution >= 4 is 23.3 Å². The van der Waals surface area contributed by atoms with Crippen LogP contribution in [0.4, 0.5) is 9.59 Å². The van der Waals surface area contributed by atoms with Gasteiger partial charge in [0.15, 0.2) is 0 Å². The first-order chi connectivity index (χ1) is 13.2. The van der Waals surface area contributed by atoms with Gasteiger partial charge in [-0.2, -0.15) is 5.10 Å². The van der Waals surface area contributed by atoms with Crippen LogP contribution in [0.25, 0.3) is 11.1 Å². The number of aromatic nitrogens is 4. The maximum atomic E-state index is 11.9. The zero-order valence-electron chi connectivity index (χ0n) is 15.8. The SMILES string of the molecule is COc1cc(Cn2cccn2)nc2onc(OC(=O)NC(=O)OC(C)(C)C)c12. The van der Waals surface area contributed by atoms with Crippen LogP contribution in [0.1, 0.15) is 26.5 Å². The molecule has 0 saturated carbocycles. The molecule has 3 aromatic rings. The number of rotatable bonds is 4. The lowest BCUT2D eigenvalue weighted by molar-refractivity contribution is 0.0532. The van der Waals surface area contributed by atoms with E-state index in [0.717, 1.165) is 0 Å². The van der Waals surface area contributed by atoms with Crippen molar-refractivity contribution in [1.82, 2.24) is 25.2 Å². The molecule has 148 valence electrons. The van der Waals surface area contributed by atoms with Crippen molar-refractivity contribution in [2.45, 2.75) is 32.9 Å². The Morgan fingerprint density at radius 1 is 1.29 bits per heavy atom. The van der Waals surface area contributed by atoms with E-state index in [2.05, 4.69) is 15.2 Å². The van der Waals surface area contributed by atoms with Crippen molar-refractivity contribution in [3.63, 3.8) is 0 Å². The standard InChI is InChI=1S/C17H19N5O6/c1-17(2,3)27-16(24)20-15(23)26-14-12-11(25-4)8-10(19-13(12)28-21-14)9-22-7-5-6-18-22/h5-8H,9H2,1-4H3,(H,20,23,24). The van der Waals surface area contributed by atoms with Gasteiger partial charge in [0.1, 0.15) is 16.7 Å². The van der Waals surface area contributed by atoms with Gasteiger partial charge >= 0.3 is 12.2 Å². The first-order valence-corrected chi connectivity index (χ1v) is 8.27. The number of amides is 2.